The molecule has 0 radical (unpaired) electrons. The van der Waals surface area contributed by atoms with Gasteiger partial charge in [0.2, 0.25) is 0 Å². The zero-order chi connectivity index (χ0) is 10.3. The van der Waals surface area contributed by atoms with Gasteiger partial charge in [-0.05, 0) is 36.8 Å². The second-order valence-corrected chi connectivity index (χ2v) is 4.78. The van der Waals surface area contributed by atoms with Gasteiger partial charge in [-0.3, -0.25) is 0 Å². The molecule has 2 atom stereocenters. The molecule has 1 aromatic carbocycles. The number of aryl methyl sites for hydroxylation is 1. The number of rotatable bonds is 1. The molecule has 2 heterocycles. The Balaban J connectivity index is 1.97. The number of nitrogens with one attached hydrogen (secondary N) is 1. The first-order valence-corrected chi connectivity index (χ1v) is 5.85. The molecule has 0 spiro atoms. The van der Waals surface area contributed by atoms with E-state index in [0.29, 0.717) is 6.04 Å². The fourth-order valence-electron chi connectivity index (χ4n) is 2.72. The molecular formula is C14H17N. The molecule has 1 N–H and O–H groups in total. The predicted molar refractivity (Wildman–Crippen MR) is 63.7 cm³/mol. The van der Waals surface area contributed by atoms with Crippen LogP contribution in [0.2, 0.25) is 0 Å². The highest BCUT2D eigenvalue weighted by molar-refractivity contribution is 5.70. The monoisotopic (exact) mass is 199 g/mol. The molecule has 1 saturated heterocycles. The van der Waals surface area contributed by atoms with E-state index in [-0.39, 0.29) is 0 Å². The van der Waals surface area contributed by atoms with E-state index in [4.69, 9.17) is 0 Å². The van der Waals surface area contributed by atoms with Gasteiger partial charge in [0.15, 0.2) is 0 Å². The zero-order valence-corrected chi connectivity index (χ0v) is 9.16. The largest absolute Gasteiger partial charge is 0.310 e. The van der Waals surface area contributed by atoms with Crippen molar-refractivity contribution in [2.24, 2.45) is 5.92 Å². The van der Waals surface area contributed by atoms with Crippen molar-refractivity contribution >= 4 is 5.57 Å². The second-order valence-electron chi connectivity index (χ2n) is 4.78. The van der Waals surface area contributed by atoms with Crippen molar-refractivity contribution in [3.05, 3.63) is 41.5 Å². The normalized spacial score (nSPS) is 29.0. The Labute approximate surface area is 91.2 Å². The molecule has 1 nitrogen and oxygen atoms in total. The van der Waals surface area contributed by atoms with Crippen LogP contribution in [0, 0.1) is 12.8 Å². The summed E-state index contributed by atoms with van der Waals surface area (Å²) in [5, 5.41) is 3.55. The van der Waals surface area contributed by atoms with Crippen LogP contribution in [0.1, 0.15) is 24.0 Å². The lowest BCUT2D eigenvalue weighted by molar-refractivity contribution is 0.375. The lowest BCUT2D eigenvalue weighted by atomic mass is 9.78. The lowest BCUT2D eigenvalue weighted by Gasteiger charge is -2.36. The Bertz CT molecular complexity index is 380. The summed E-state index contributed by atoms with van der Waals surface area (Å²) in [6, 6.07) is 9.59. The van der Waals surface area contributed by atoms with E-state index in [1.54, 1.807) is 5.57 Å². The fourth-order valence-corrected chi connectivity index (χ4v) is 2.72. The number of fused-ring (bicyclic) bond motifs is 2. The second kappa shape index (κ2) is 3.49. The van der Waals surface area contributed by atoms with E-state index >= 15 is 0 Å². The molecule has 2 aliphatic heterocycles. The van der Waals surface area contributed by atoms with Gasteiger partial charge in [0.05, 0.1) is 0 Å². The predicted octanol–water partition coefficient (Wildman–Crippen LogP) is 2.76. The van der Waals surface area contributed by atoms with Gasteiger partial charge in [-0.25, -0.2) is 0 Å². The van der Waals surface area contributed by atoms with Crippen LogP contribution >= 0.6 is 0 Å². The highest BCUT2D eigenvalue weighted by Gasteiger charge is 2.28. The van der Waals surface area contributed by atoms with E-state index in [2.05, 4.69) is 42.6 Å². The fraction of sp³-hybridized carbons (Fsp3) is 0.429. The van der Waals surface area contributed by atoms with Crippen molar-refractivity contribution in [3.63, 3.8) is 0 Å². The van der Waals surface area contributed by atoms with Gasteiger partial charge < -0.3 is 5.32 Å². The Morgan fingerprint density at radius 3 is 2.47 bits per heavy atom. The van der Waals surface area contributed by atoms with Crippen molar-refractivity contribution in [2.45, 2.75) is 25.8 Å². The molecule has 3 aliphatic rings. The number of hydrogen-bond donors (Lipinski definition) is 1. The molecule has 0 amide bonds. The number of benzene rings is 1. The highest BCUT2D eigenvalue weighted by atomic mass is 14.9. The SMILES string of the molecule is Cc1ccc(C2=CC3CCC2CN3)cc1. The summed E-state index contributed by atoms with van der Waals surface area (Å²) in [5.41, 5.74) is 4.35. The van der Waals surface area contributed by atoms with E-state index < -0.39 is 0 Å². The van der Waals surface area contributed by atoms with Crippen molar-refractivity contribution < 1.29 is 0 Å². The van der Waals surface area contributed by atoms with Crippen LogP contribution in [-0.2, 0) is 0 Å². The molecule has 2 bridgehead atoms. The minimum absolute atomic E-state index is 0.631. The third kappa shape index (κ3) is 1.61. The smallest absolute Gasteiger partial charge is 0.0256 e. The quantitative estimate of drug-likeness (QED) is 0.733. The van der Waals surface area contributed by atoms with Crippen LogP contribution in [0.15, 0.2) is 30.3 Å². The summed E-state index contributed by atoms with van der Waals surface area (Å²) in [7, 11) is 0. The first kappa shape index (κ1) is 9.17. The van der Waals surface area contributed by atoms with Crippen LogP contribution in [0.5, 0.6) is 0 Å². The molecular weight excluding hydrogens is 182 g/mol. The molecule has 78 valence electrons. The Kier molecular flexibility index (Phi) is 2.14. The topological polar surface area (TPSA) is 12.0 Å². The van der Waals surface area contributed by atoms with Crippen molar-refractivity contribution in [1.29, 1.82) is 0 Å². The molecule has 1 heteroatoms. The summed E-state index contributed by atoms with van der Waals surface area (Å²) >= 11 is 0. The van der Waals surface area contributed by atoms with Gasteiger partial charge >= 0.3 is 0 Å². The average Bonchev–Trinajstić information content (AvgIpc) is 2.31. The number of hydrogen-bond acceptors (Lipinski definition) is 1. The van der Waals surface area contributed by atoms with Crippen molar-refractivity contribution in [3.8, 4) is 0 Å². The third-order valence-corrected chi connectivity index (χ3v) is 3.66. The van der Waals surface area contributed by atoms with E-state index in [1.165, 1.54) is 30.5 Å². The van der Waals surface area contributed by atoms with Gasteiger partial charge in [-0.15, -0.1) is 0 Å². The van der Waals surface area contributed by atoms with Gasteiger partial charge in [-0.1, -0.05) is 35.9 Å². The molecule has 4 rings (SSSR count). The van der Waals surface area contributed by atoms with Gasteiger partial charge in [-0.2, -0.15) is 0 Å². The zero-order valence-electron chi connectivity index (χ0n) is 9.16. The van der Waals surface area contributed by atoms with Gasteiger partial charge in [0.25, 0.3) is 0 Å². The van der Waals surface area contributed by atoms with Crippen LogP contribution in [0.3, 0.4) is 0 Å². The van der Waals surface area contributed by atoms with E-state index in [9.17, 15) is 0 Å². The van der Waals surface area contributed by atoms with Crippen molar-refractivity contribution in [1.82, 2.24) is 5.32 Å². The molecule has 1 aromatic rings. The minimum Gasteiger partial charge on any atom is -0.310 e. The first-order valence-electron chi connectivity index (χ1n) is 5.85. The minimum atomic E-state index is 0.631. The highest BCUT2D eigenvalue weighted by Crippen LogP contribution is 2.35. The molecule has 1 aliphatic carbocycles. The summed E-state index contributed by atoms with van der Waals surface area (Å²) in [4.78, 5) is 0. The summed E-state index contributed by atoms with van der Waals surface area (Å²) in [6.07, 6.45) is 5.11. The van der Waals surface area contributed by atoms with Crippen LogP contribution < -0.4 is 5.32 Å². The molecule has 0 saturated carbocycles. The lowest BCUT2D eigenvalue weighted by Crippen LogP contribution is -2.42. The molecule has 1 fully saturated rings. The average molecular weight is 199 g/mol. The first-order chi connectivity index (χ1) is 7.33. The maximum Gasteiger partial charge on any atom is 0.0256 e. The van der Waals surface area contributed by atoms with E-state index in [1.807, 2.05) is 0 Å². The number of piperidine rings is 1. The standard InChI is InChI=1S/C14H17N/c1-10-2-4-11(5-3-10)14-8-13-7-6-12(14)9-15-13/h2-5,8,12-13,15H,6-7,9H2,1H3. The van der Waals surface area contributed by atoms with Crippen LogP contribution in [0.25, 0.3) is 5.57 Å². The summed E-state index contributed by atoms with van der Waals surface area (Å²) in [6.45, 7) is 3.32. The maximum atomic E-state index is 3.55. The molecule has 15 heavy (non-hydrogen) atoms. The maximum absolute atomic E-state index is 3.55. The third-order valence-electron chi connectivity index (χ3n) is 3.66. The van der Waals surface area contributed by atoms with Crippen LogP contribution in [0.4, 0.5) is 0 Å². The van der Waals surface area contributed by atoms with Crippen LogP contribution in [-0.4, -0.2) is 12.6 Å². The summed E-state index contributed by atoms with van der Waals surface area (Å²) in [5.74, 6) is 0.748. The Morgan fingerprint density at radius 2 is 1.93 bits per heavy atom. The Morgan fingerprint density at radius 1 is 1.13 bits per heavy atom. The molecule has 2 unspecified atom stereocenters. The van der Waals surface area contributed by atoms with Crippen molar-refractivity contribution in [2.75, 3.05) is 6.54 Å². The molecule has 0 aromatic heterocycles. The van der Waals surface area contributed by atoms with Gasteiger partial charge in [0, 0.05) is 12.6 Å². The Hall–Kier alpha value is -1.08. The van der Waals surface area contributed by atoms with Gasteiger partial charge in [0.1, 0.15) is 0 Å². The summed E-state index contributed by atoms with van der Waals surface area (Å²) < 4.78 is 0. The van der Waals surface area contributed by atoms with E-state index in [0.717, 1.165) is 5.92 Å².